The number of imidazole rings is 2. The minimum Gasteiger partial charge on any atom is -0.378 e. The molecule has 0 saturated carbocycles. The summed E-state index contributed by atoms with van der Waals surface area (Å²) in [5.41, 5.74) is 7.67. The predicted molar refractivity (Wildman–Crippen MR) is 196 cm³/mol. The number of likely N-dealkylation sites (tertiary alicyclic amines) is 2. The Morgan fingerprint density at radius 3 is 1.67 bits per heavy atom. The fraction of sp³-hybridized carbons (Fsp3) is 0.238. The summed E-state index contributed by atoms with van der Waals surface area (Å²) in [5.74, 6) is 1.41. The molecule has 0 aliphatic carbocycles. The number of aromatic amines is 2. The normalized spacial score (nSPS) is 17.9. The van der Waals surface area contributed by atoms with Crippen molar-refractivity contribution in [2.75, 3.05) is 13.1 Å². The lowest BCUT2D eigenvalue weighted by Gasteiger charge is -2.25. The van der Waals surface area contributed by atoms with Gasteiger partial charge < -0.3 is 24.9 Å². The average molecular weight is 677 g/mol. The van der Waals surface area contributed by atoms with E-state index in [0.29, 0.717) is 18.5 Å². The second-order valence-corrected chi connectivity index (χ2v) is 13.4. The third-order valence-electron chi connectivity index (χ3n) is 10.2. The van der Waals surface area contributed by atoms with Crippen LogP contribution in [0.5, 0.6) is 0 Å². The van der Waals surface area contributed by atoms with Crippen LogP contribution in [0.4, 0.5) is 0 Å². The van der Waals surface area contributed by atoms with Gasteiger partial charge in [0.25, 0.3) is 5.91 Å². The summed E-state index contributed by atoms with van der Waals surface area (Å²) in [6.45, 7) is 1.34. The zero-order valence-corrected chi connectivity index (χ0v) is 28.3. The van der Waals surface area contributed by atoms with E-state index < -0.39 is 6.10 Å². The van der Waals surface area contributed by atoms with Crippen molar-refractivity contribution in [2.45, 2.75) is 50.3 Å². The van der Waals surface area contributed by atoms with Gasteiger partial charge in [-0.3, -0.25) is 9.59 Å². The Labute approximate surface area is 297 Å². The van der Waals surface area contributed by atoms with Gasteiger partial charge in [-0.1, -0.05) is 109 Å². The van der Waals surface area contributed by atoms with E-state index >= 15 is 0 Å². The van der Waals surface area contributed by atoms with Crippen LogP contribution < -0.4 is 0 Å². The molecule has 6 aromatic rings. The second kappa shape index (κ2) is 14.2. The van der Waals surface area contributed by atoms with Crippen molar-refractivity contribution in [3.05, 3.63) is 144 Å². The Morgan fingerprint density at radius 1 is 0.647 bits per heavy atom. The van der Waals surface area contributed by atoms with Gasteiger partial charge in [0.05, 0.1) is 42.3 Å². The number of aliphatic hydroxyl groups is 1. The first-order valence-corrected chi connectivity index (χ1v) is 17.7. The first-order chi connectivity index (χ1) is 25.0. The number of hydrogen-bond acceptors (Lipinski definition) is 5. The molecular weight excluding hydrogens is 637 g/mol. The predicted octanol–water partition coefficient (Wildman–Crippen LogP) is 7.44. The van der Waals surface area contributed by atoms with Crippen LogP contribution in [0.25, 0.3) is 33.6 Å². The molecule has 2 aliphatic heterocycles. The molecule has 0 unspecified atom stereocenters. The molecular formula is C42H40N6O3. The van der Waals surface area contributed by atoms with Gasteiger partial charge in [-0.2, -0.15) is 0 Å². The highest BCUT2D eigenvalue weighted by molar-refractivity contribution is 5.83. The van der Waals surface area contributed by atoms with Gasteiger partial charge in [0.2, 0.25) is 5.91 Å². The number of carbonyl (C=O) groups excluding carboxylic acids is 2. The van der Waals surface area contributed by atoms with Crippen molar-refractivity contribution in [1.29, 1.82) is 0 Å². The van der Waals surface area contributed by atoms with Crippen LogP contribution >= 0.6 is 0 Å². The Kier molecular flexibility index (Phi) is 9.03. The molecule has 4 aromatic carbocycles. The summed E-state index contributed by atoms with van der Waals surface area (Å²) in [7, 11) is 0. The first-order valence-electron chi connectivity index (χ1n) is 17.7. The summed E-state index contributed by atoms with van der Waals surface area (Å²) in [5, 5.41) is 10.8. The Bertz CT molecular complexity index is 2110. The molecule has 8 rings (SSSR count). The van der Waals surface area contributed by atoms with Gasteiger partial charge in [-0.05, 0) is 59.1 Å². The number of nitrogens with zero attached hydrogens (tertiary/aromatic N) is 4. The summed E-state index contributed by atoms with van der Waals surface area (Å²) < 4.78 is 0. The number of aliphatic hydroxyl groups excluding tert-OH is 1. The lowest BCUT2D eigenvalue weighted by atomic mass is 10.0. The molecule has 9 heteroatoms. The standard InChI is InChI=1S/C42H40N6O3/c49-38(25-28-9-3-1-4-10-28)47-23-7-13-36(47)40-43-26-34(45-40)31-19-15-29(16-20-31)30-17-21-32(22-18-30)35-27-44-41(46-35)37-14-8-24-48(37)42(51)39(50)33-11-5-2-6-12-33/h1-6,9-12,15-22,26-27,36-37,39,50H,7-8,13-14,23-25H2,(H,43,45)(H,44,46)/t36-,37-,39-/m0/s1. The molecule has 0 spiro atoms. The minimum absolute atomic E-state index is 0.0363. The molecule has 3 atom stereocenters. The van der Waals surface area contributed by atoms with E-state index in [1.165, 1.54) is 0 Å². The largest absolute Gasteiger partial charge is 0.378 e. The fourth-order valence-electron chi connectivity index (χ4n) is 7.46. The molecule has 256 valence electrons. The Morgan fingerprint density at radius 2 is 1.12 bits per heavy atom. The molecule has 0 radical (unpaired) electrons. The Balaban J connectivity index is 0.915. The number of rotatable bonds is 9. The van der Waals surface area contributed by atoms with Crippen LogP contribution in [0.1, 0.15) is 66.6 Å². The first kappa shape index (κ1) is 32.4. The van der Waals surface area contributed by atoms with E-state index in [-0.39, 0.29) is 23.9 Å². The van der Waals surface area contributed by atoms with Crippen LogP contribution in [-0.2, 0) is 16.0 Å². The average Bonchev–Trinajstić information content (AvgIpc) is 4.02. The molecule has 2 aliphatic rings. The third kappa shape index (κ3) is 6.72. The van der Waals surface area contributed by atoms with Crippen LogP contribution in [0.2, 0.25) is 0 Å². The van der Waals surface area contributed by atoms with Gasteiger partial charge in [-0.15, -0.1) is 0 Å². The summed E-state index contributed by atoms with van der Waals surface area (Å²) in [6, 6.07) is 35.5. The second-order valence-electron chi connectivity index (χ2n) is 13.4. The lowest BCUT2D eigenvalue weighted by Crippen LogP contribution is -2.35. The molecule has 51 heavy (non-hydrogen) atoms. The highest BCUT2D eigenvalue weighted by Crippen LogP contribution is 2.35. The smallest absolute Gasteiger partial charge is 0.256 e. The zero-order chi connectivity index (χ0) is 34.7. The third-order valence-corrected chi connectivity index (χ3v) is 10.2. The van der Waals surface area contributed by atoms with Gasteiger partial charge in [0, 0.05) is 13.1 Å². The van der Waals surface area contributed by atoms with Gasteiger partial charge in [0.1, 0.15) is 11.6 Å². The number of carbonyl (C=O) groups is 2. The molecule has 4 heterocycles. The SMILES string of the molecule is O=C(Cc1ccccc1)N1CCC[C@H]1c1ncc(-c2ccc(-c3ccc(-c4cnc([C@@H]5CCCN5C(=O)[C@@H](O)c5ccccc5)[nH]4)cc3)cc2)[nH]1. The quantitative estimate of drug-likeness (QED) is 0.147. The van der Waals surface area contributed by atoms with E-state index in [4.69, 9.17) is 4.98 Å². The summed E-state index contributed by atoms with van der Waals surface area (Å²) >= 11 is 0. The van der Waals surface area contributed by atoms with E-state index in [1.54, 1.807) is 17.0 Å². The highest BCUT2D eigenvalue weighted by Gasteiger charge is 2.35. The maximum Gasteiger partial charge on any atom is 0.256 e. The molecule has 2 saturated heterocycles. The number of amides is 2. The number of hydrogen-bond donors (Lipinski definition) is 3. The fourth-order valence-corrected chi connectivity index (χ4v) is 7.46. The topological polar surface area (TPSA) is 118 Å². The van der Waals surface area contributed by atoms with Crippen LogP contribution in [0.15, 0.2) is 122 Å². The van der Waals surface area contributed by atoms with Crippen molar-refractivity contribution < 1.29 is 14.7 Å². The molecule has 2 aromatic heterocycles. The Hall–Kier alpha value is -5.80. The summed E-state index contributed by atoms with van der Waals surface area (Å²) in [4.78, 5) is 46.4. The molecule has 9 nitrogen and oxygen atoms in total. The molecule has 0 bridgehead atoms. The van der Waals surface area contributed by atoms with Crippen LogP contribution in [0.3, 0.4) is 0 Å². The maximum atomic E-state index is 13.2. The highest BCUT2D eigenvalue weighted by atomic mass is 16.3. The van der Waals surface area contributed by atoms with Gasteiger partial charge >= 0.3 is 0 Å². The number of H-pyrrole nitrogens is 2. The van der Waals surface area contributed by atoms with Crippen molar-refractivity contribution >= 4 is 11.8 Å². The van der Waals surface area contributed by atoms with Crippen molar-refractivity contribution in [1.82, 2.24) is 29.7 Å². The van der Waals surface area contributed by atoms with Crippen molar-refractivity contribution in [2.24, 2.45) is 0 Å². The minimum atomic E-state index is -1.19. The van der Waals surface area contributed by atoms with Crippen molar-refractivity contribution in [3.63, 3.8) is 0 Å². The van der Waals surface area contributed by atoms with E-state index in [2.05, 4.69) is 63.5 Å². The van der Waals surface area contributed by atoms with E-state index in [1.807, 2.05) is 65.8 Å². The number of nitrogens with one attached hydrogen (secondary N) is 2. The monoisotopic (exact) mass is 676 g/mol. The molecule has 3 N–H and O–H groups in total. The van der Waals surface area contributed by atoms with E-state index in [9.17, 15) is 14.7 Å². The maximum absolute atomic E-state index is 13.2. The van der Waals surface area contributed by atoms with Crippen molar-refractivity contribution in [3.8, 4) is 33.6 Å². The van der Waals surface area contributed by atoms with Crippen LogP contribution in [-0.4, -0.2) is 59.7 Å². The van der Waals surface area contributed by atoms with E-state index in [0.717, 1.165) is 83.1 Å². The molecule has 2 fully saturated rings. The van der Waals surface area contributed by atoms with Crippen LogP contribution in [0, 0.1) is 0 Å². The lowest BCUT2D eigenvalue weighted by molar-refractivity contribution is -0.141. The zero-order valence-electron chi connectivity index (χ0n) is 28.3. The molecule has 2 amide bonds. The number of benzene rings is 4. The van der Waals surface area contributed by atoms with Gasteiger partial charge in [0.15, 0.2) is 6.10 Å². The number of aromatic nitrogens is 4. The van der Waals surface area contributed by atoms with Gasteiger partial charge in [-0.25, -0.2) is 9.97 Å². The summed E-state index contributed by atoms with van der Waals surface area (Å²) in [6.07, 6.45) is 6.42.